The topological polar surface area (TPSA) is 88.8 Å². The summed E-state index contributed by atoms with van der Waals surface area (Å²) in [7, 11) is -3.20. The Morgan fingerprint density at radius 3 is 2.67 bits per heavy atom. The van der Waals surface area contributed by atoms with E-state index in [1.165, 1.54) is 25.5 Å². The van der Waals surface area contributed by atoms with Gasteiger partial charge >= 0.3 is 0 Å². The molecule has 1 saturated carbocycles. The van der Waals surface area contributed by atoms with Gasteiger partial charge in [-0.25, -0.2) is 13.4 Å². The number of nitrogens with two attached hydrogens (primary N) is 1. The quantitative estimate of drug-likeness (QED) is 0.912. The fraction of sp³-hybridized carbons (Fsp3) is 0.533. The summed E-state index contributed by atoms with van der Waals surface area (Å²) in [5, 5.41) is 0. The van der Waals surface area contributed by atoms with Crippen molar-refractivity contribution in [3.63, 3.8) is 0 Å². The molecule has 5 nitrogen and oxygen atoms in total. The molecular formula is C15H21N3O2S. The van der Waals surface area contributed by atoms with E-state index in [0.29, 0.717) is 10.8 Å². The van der Waals surface area contributed by atoms with Gasteiger partial charge < -0.3 is 10.7 Å². The molecular weight excluding hydrogens is 286 g/mol. The summed E-state index contributed by atoms with van der Waals surface area (Å²) < 4.78 is 23.2. The molecule has 1 aromatic heterocycles. The second kappa shape index (κ2) is 5.42. The Bertz CT molecular complexity index is 745. The molecule has 0 bridgehead atoms. The monoisotopic (exact) mass is 307 g/mol. The maximum absolute atomic E-state index is 11.6. The van der Waals surface area contributed by atoms with E-state index in [1.54, 1.807) is 18.2 Å². The maximum atomic E-state index is 11.6. The average Bonchev–Trinajstić information content (AvgIpc) is 2.89. The van der Waals surface area contributed by atoms with Crippen LogP contribution in [0.3, 0.4) is 0 Å². The summed E-state index contributed by atoms with van der Waals surface area (Å²) in [5.74, 6) is 1.23. The molecule has 3 rings (SSSR count). The third-order valence-electron chi connectivity index (χ3n) is 4.37. The van der Waals surface area contributed by atoms with Gasteiger partial charge in [0.1, 0.15) is 5.82 Å². The molecule has 2 aromatic rings. The first-order valence-electron chi connectivity index (χ1n) is 7.40. The molecule has 21 heavy (non-hydrogen) atoms. The van der Waals surface area contributed by atoms with E-state index in [4.69, 9.17) is 5.73 Å². The highest BCUT2D eigenvalue weighted by Gasteiger charge is 2.24. The Kier molecular flexibility index (Phi) is 3.75. The lowest BCUT2D eigenvalue weighted by molar-refractivity contribution is 0.302. The Morgan fingerprint density at radius 2 is 2.00 bits per heavy atom. The van der Waals surface area contributed by atoms with E-state index in [1.807, 2.05) is 0 Å². The Hall–Kier alpha value is -1.40. The van der Waals surface area contributed by atoms with Gasteiger partial charge in [0.25, 0.3) is 0 Å². The summed E-state index contributed by atoms with van der Waals surface area (Å²) in [4.78, 5) is 8.04. The number of nitrogens with zero attached hydrogens (tertiary/aromatic N) is 1. The van der Waals surface area contributed by atoms with Crippen LogP contribution in [0.15, 0.2) is 23.1 Å². The number of H-pyrrole nitrogens is 1. The first-order chi connectivity index (χ1) is 9.95. The summed E-state index contributed by atoms with van der Waals surface area (Å²) in [6.07, 6.45) is 7.26. The van der Waals surface area contributed by atoms with Crippen LogP contribution < -0.4 is 5.73 Å². The maximum Gasteiger partial charge on any atom is 0.175 e. The summed E-state index contributed by atoms with van der Waals surface area (Å²) in [6, 6.07) is 4.86. The molecule has 1 aliphatic carbocycles. The largest absolute Gasteiger partial charge is 0.341 e. The highest BCUT2D eigenvalue weighted by molar-refractivity contribution is 7.90. The van der Waals surface area contributed by atoms with Crippen molar-refractivity contribution in [2.75, 3.05) is 6.26 Å². The fourth-order valence-electron chi connectivity index (χ4n) is 3.11. The first-order valence-corrected chi connectivity index (χ1v) is 9.29. The van der Waals surface area contributed by atoms with Crippen molar-refractivity contribution in [1.29, 1.82) is 0 Å². The van der Waals surface area contributed by atoms with Gasteiger partial charge in [-0.3, -0.25) is 0 Å². The van der Waals surface area contributed by atoms with Gasteiger partial charge in [-0.2, -0.15) is 0 Å². The van der Waals surface area contributed by atoms with Crippen molar-refractivity contribution < 1.29 is 8.42 Å². The van der Waals surface area contributed by atoms with E-state index < -0.39 is 9.84 Å². The van der Waals surface area contributed by atoms with Crippen molar-refractivity contribution in [3.05, 3.63) is 24.0 Å². The Labute approximate surface area is 124 Å². The van der Waals surface area contributed by atoms with Crippen LogP contribution in [0.4, 0.5) is 0 Å². The predicted molar refractivity (Wildman–Crippen MR) is 82.7 cm³/mol. The van der Waals surface area contributed by atoms with Crippen LogP contribution in [0.25, 0.3) is 11.0 Å². The lowest BCUT2D eigenvalue weighted by atomic mass is 9.84. The molecule has 0 saturated heterocycles. The van der Waals surface area contributed by atoms with Gasteiger partial charge in [0, 0.05) is 6.26 Å². The number of aromatic amines is 1. The molecule has 0 aliphatic heterocycles. The van der Waals surface area contributed by atoms with Gasteiger partial charge in [0.2, 0.25) is 0 Å². The number of nitrogens with one attached hydrogen (secondary N) is 1. The van der Waals surface area contributed by atoms with Gasteiger partial charge in [0.15, 0.2) is 9.84 Å². The number of sulfone groups is 1. The van der Waals surface area contributed by atoms with Crippen molar-refractivity contribution in [2.45, 2.75) is 43.0 Å². The fourth-order valence-corrected chi connectivity index (χ4v) is 3.76. The molecule has 114 valence electrons. The first kappa shape index (κ1) is 14.5. The zero-order chi connectivity index (χ0) is 15.0. The Morgan fingerprint density at radius 1 is 1.29 bits per heavy atom. The molecule has 0 radical (unpaired) electrons. The molecule has 1 aromatic carbocycles. The molecule has 6 heteroatoms. The molecule has 0 amide bonds. The minimum atomic E-state index is -3.20. The third kappa shape index (κ3) is 2.96. The second-order valence-electron chi connectivity index (χ2n) is 6.00. The molecule has 1 atom stereocenters. The van der Waals surface area contributed by atoms with Gasteiger partial charge in [-0.05, 0) is 37.0 Å². The van der Waals surface area contributed by atoms with E-state index in [-0.39, 0.29) is 6.04 Å². The minimum Gasteiger partial charge on any atom is -0.341 e. The normalized spacial score (nSPS) is 19.0. The highest BCUT2D eigenvalue weighted by Crippen LogP contribution is 2.32. The van der Waals surface area contributed by atoms with Gasteiger partial charge in [-0.1, -0.05) is 19.3 Å². The third-order valence-corrected chi connectivity index (χ3v) is 5.48. The summed E-state index contributed by atoms with van der Waals surface area (Å²) in [6.45, 7) is 0. The van der Waals surface area contributed by atoms with Crippen molar-refractivity contribution in [2.24, 2.45) is 11.7 Å². The number of benzene rings is 1. The highest BCUT2D eigenvalue weighted by atomic mass is 32.2. The number of rotatable bonds is 3. The summed E-state index contributed by atoms with van der Waals surface area (Å²) in [5.41, 5.74) is 7.85. The van der Waals surface area contributed by atoms with Crippen molar-refractivity contribution in [3.8, 4) is 0 Å². The van der Waals surface area contributed by atoms with Crippen LogP contribution in [-0.2, 0) is 9.84 Å². The van der Waals surface area contributed by atoms with E-state index in [9.17, 15) is 8.42 Å². The van der Waals surface area contributed by atoms with Crippen molar-refractivity contribution in [1.82, 2.24) is 9.97 Å². The van der Waals surface area contributed by atoms with E-state index in [0.717, 1.165) is 29.7 Å². The predicted octanol–water partition coefficient (Wildman–Crippen LogP) is 2.55. The lowest BCUT2D eigenvalue weighted by Gasteiger charge is -2.26. The minimum absolute atomic E-state index is 0.0978. The molecule has 1 heterocycles. The van der Waals surface area contributed by atoms with Gasteiger partial charge in [-0.15, -0.1) is 0 Å². The van der Waals surface area contributed by atoms with Gasteiger partial charge in [0.05, 0.1) is 22.0 Å². The Balaban J connectivity index is 1.93. The standard InChI is InChI=1S/C15H21N3O2S/c1-21(19,20)11-7-8-12-13(9-11)18-15(17-12)14(16)10-5-3-2-4-6-10/h7-10,14H,2-6,16H2,1H3,(H,17,18). The molecule has 0 spiro atoms. The molecule has 1 fully saturated rings. The SMILES string of the molecule is CS(=O)(=O)c1ccc2nc(C(N)C3CCCCC3)[nH]c2c1. The zero-order valence-electron chi connectivity index (χ0n) is 12.2. The number of hydrogen-bond acceptors (Lipinski definition) is 4. The van der Waals surface area contributed by atoms with Crippen LogP contribution >= 0.6 is 0 Å². The number of aromatic nitrogens is 2. The van der Waals surface area contributed by atoms with Crippen LogP contribution in [-0.4, -0.2) is 24.6 Å². The summed E-state index contributed by atoms with van der Waals surface area (Å²) >= 11 is 0. The van der Waals surface area contributed by atoms with Crippen LogP contribution in [0.1, 0.15) is 44.0 Å². The molecule has 1 aliphatic rings. The smallest absolute Gasteiger partial charge is 0.175 e. The van der Waals surface area contributed by atoms with Crippen LogP contribution in [0, 0.1) is 5.92 Å². The zero-order valence-corrected chi connectivity index (χ0v) is 13.0. The van der Waals surface area contributed by atoms with Crippen molar-refractivity contribution >= 4 is 20.9 Å². The average molecular weight is 307 g/mol. The lowest BCUT2D eigenvalue weighted by Crippen LogP contribution is -2.24. The number of fused-ring (bicyclic) bond motifs is 1. The molecule has 3 N–H and O–H groups in total. The van der Waals surface area contributed by atoms with Crippen LogP contribution in [0.5, 0.6) is 0 Å². The van der Waals surface area contributed by atoms with Crippen LogP contribution in [0.2, 0.25) is 0 Å². The van der Waals surface area contributed by atoms with E-state index >= 15 is 0 Å². The molecule has 1 unspecified atom stereocenters. The number of hydrogen-bond donors (Lipinski definition) is 2. The number of imidazole rings is 1. The van der Waals surface area contributed by atoms with E-state index in [2.05, 4.69) is 9.97 Å². The second-order valence-corrected chi connectivity index (χ2v) is 8.01.